The molecule has 0 radical (unpaired) electrons. The van der Waals surface area contributed by atoms with Gasteiger partial charge in [-0.15, -0.1) is 0 Å². The fourth-order valence-corrected chi connectivity index (χ4v) is 2.12. The molecule has 1 fully saturated rings. The molecule has 0 aromatic rings. The minimum atomic E-state index is 0.706. The van der Waals surface area contributed by atoms with Crippen molar-refractivity contribution in [3.05, 3.63) is 0 Å². The number of nitrogens with one attached hydrogen (secondary N) is 1. The van der Waals surface area contributed by atoms with Gasteiger partial charge in [0.1, 0.15) is 0 Å². The van der Waals surface area contributed by atoms with Gasteiger partial charge in [-0.25, -0.2) is 0 Å². The van der Waals surface area contributed by atoms with Crippen molar-refractivity contribution in [1.82, 2.24) is 10.2 Å². The molecule has 0 aliphatic heterocycles. The van der Waals surface area contributed by atoms with Crippen molar-refractivity contribution in [2.75, 3.05) is 19.6 Å². The van der Waals surface area contributed by atoms with E-state index in [1.807, 2.05) is 0 Å². The highest BCUT2D eigenvalue weighted by Crippen LogP contribution is 2.27. The van der Waals surface area contributed by atoms with E-state index in [1.165, 1.54) is 51.7 Å². The van der Waals surface area contributed by atoms with Crippen LogP contribution in [0.3, 0.4) is 0 Å². The molecule has 1 N–H and O–H groups in total. The highest BCUT2D eigenvalue weighted by atomic mass is 15.2. The highest BCUT2D eigenvalue weighted by molar-refractivity contribution is 4.86. The van der Waals surface area contributed by atoms with E-state index in [4.69, 9.17) is 0 Å². The van der Waals surface area contributed by atoms with Gasteiger partial charge >= 0.3 is 0 Å². The maximum atomic E-state index is 3.65. The van der Waals surface area contributed by atoms with Crippen LogP contribution in [0.25, 0.3) is 0 Å². The fourth-order valence-electron chi connectivity index (χ4n) is 2.12. The zero-order valence-electron chi connectivity index (χ0n) is 10.8. The Kier molecular flexibility index (Phi) is 6.26. The third-order valence-corrected chi connectivity index (χ3v) is 3.20. The molecule has 0 saturated heterocycles. The molecule has 0 bridgehead atoms. The quantitative estimate of drug-likeness (QED) is 0.632. The van der Waals surface area contributed by atoms with E-state index in [0.717, 1.165) is 6.04 Å². The third-order valence-electron chi connectivity index (χ3n) is 3.20. The van der Waals surface area contributed by atoms with E-state index in [-0.39, 0.29) is 0 Å². The van der Waals surface area contributed by atoms with E-state index >= 15 is 0 Å². The molecular weight excluding hydrogens is 184 g/mol. The van der Waals surface area contributed by atoms with Gasteiger partial charge in [-0.3, -0.25) is 4.90 Å². The van der Waals surface area contributed by atoms with Gasteiger partial charge in [-0.2, -0.15) is 0 Å². The lowest BCUT2D eigenvalue weighted by molar-refractivity contribution is 0.229. The van der Waals surface area contributed by atoms with Crippen molar-refractivity contribution in [1.29, 1.82) is 0 Å². The van der Waals surface area contributed by atoms with Gasteiger partial charge in [0.25, 0.3) is 0 Å². The summed E-state index contributed by atoms with van der Waals surface area (Å²) in [5.74, 6) is 0. The highest BCUT2D eigenvalue weighted by Gasteiger charge is 2.29. The first-order chi connectivity index (χ1) is 7.31. The number of nitrogens with zero attached hydrogens (tertiary/aromatic N) is 1. The van der Waals surface area contributed by atoms with Crippen LogP contribution >= 0.6 is 0 Å². The maximum absolute atomic E-state index is 3.65. The first kappa shape index (κ1) is 13.0. The molecule has 2 nitrogen and oxygen atoms in total. The molecule has 1 saturated carbocycles. The van der Waals surface area contributed by atoms with E-state index < -0.39 is 0 Å². The SMILES string of the molecule is CCCNC(CC)CN(CCC)C1CC1. The van der Waals surface area contributed by atoms with Gasteiger partial charge < -0.3 is 5.32 Å². The van der Waals surface area contributed by atoms with Gasteiger partial charge in [0.2, 0.25) is 0 Å². The summed E-state index contributed by atoms with van der Waals surface area (Å²) in [6, 6.07) is 1.62. The second-order valence-electron chi connectivity index (χ2n) is 4.79. The third kappa shape index (κ3) is 4.98. The van der Waals surface area contributed by atoms with Crippen LogP contribution in [0.1, 0.15) is 52.9 Å². The van der Waals surface area contributed by atoms with Gasteiger partial charge in [0, 0.05) is 18.6 Å². The van der Waals surface area contributed by atoms with Crippen LogP contribution in [-0.2, 0) is 0 Å². The predicted octanol–water partition coefficient (Wildman–Crippen LogP) is 2.64. The summed E-state index contributed by atoms with van der Waals surface area (Å²) in [4.78, 5) is 2.69. The van der Waals surface area contributed by atoms with Crippen molar-refractivity contribution in [2.24, 2.45) is 0 Å². The molecule has 0 heterocycles. The molecule has 0 amide bonds. The lowest BCUT2D eigenvalue weighted by atomic mass is 10.2. The van der Waals surface area contributed by atoms with Crippen LogP contribution < -0.4 is 5.32 Å². The average molecular weight is 212 g/mol. The molecule has 1 unspecified atom stereocenters. The summed E-state index contributed by atoms with van der Waals surface area (Å²) < 4.78 is 0. The summed E-state index contributed by atoms with van der Waals surface area (Å²) >= 11 is 0. The minimum Gasteiger partial charge on any atom is -0.313 e. The molecular formula is C13H28N2. The van der Waals surface area contributed by atoms with E-state index in [1.54, 1.807) is 0 Å². The number of hydrogen-bond acceptors (Lipinski definition) is 2. The molecule has 90 valence electrons. The van der Waals surface area contributed by atoms with Crippen molar-refractivity contribution < 1.29 is 0 Å². The lowest BCUT2D eigenvalue weighted by Gasteiger charge is -2.27. The van der Waals surface area contributed by atoms with Gasteiger partial charge in [-0.05, 0) is 45.2 Å². The normalized spacial score (nSPS) is 18.4. The zero-order chi connectivity index (χ0) is 11.1. The van der Waals surface area contributed by atoms with Crippen LogP contribution in [0.5, 0.6) is 0 Å². The monoisotopic (exact) mass is 212 g/mol. The Morgan fingerprint density at radius 2 is 1.93 bits per heavy atom. The number of rotatable bonds is 9. The molecule has 2 heteroatoms. The Balaban J connectivity index is 2.25. The van der Waals surface area contributed by atoms with Gasteiger partial charge in [-0.1, -0.05) is 20.8 Å². The molecule has 1 aliphatic rings. The summed E-state index contributed by atoms with van der Waals surface area (Å²) in [6.07, 6.45) is 6.66. The summed E-state index contributed by atoms with van der Waals surface area (Å²) in [6.45, 7) is 10.5. The second-order valence-corrected chi connectivity index (χ2v) is 4.79. The topological polar surface area (TPSA) is 15.3 Å². The largest absolute Gasteiger partial charge is 0.313 e. The Labute approximate surface area is 95.4 Å². The maximum Gasteiger partial charge on any atom is 0.0192 e. The Hall–Kier alpha value is -0.0800. The van der Waals surface area contributed by atoms with Crippen molar-refractivity contribution in [2.45, 2.75) is 65.0 Å². The zero-order valence-corrected chi connectivity index (χ0v) is 10.8. The minimum absolute atomic E-state index is 0.706. The molecule has 1 atom stereocenters. The van der Waals surface area contributed by atoms with Crippen LogP contribution in [0.2, 0.25) is 0 Å². The molecule has 1 rings (SSSR count). The average Bonchev–Trinajstić information content (AvgIpc) is 3.06. The Morgan fingerprint density at radius 3 is 2.40 bits per heavy atom. The van der Waals surface area contributed by atoms with Crippen LogP contribution in [-0.4, -0.2) is 36.6 Å². The number of hydrogen-bond donors (Lipinski definition) is 1. The molecule has 0 spiro atoms. The van der Waals surface area contributed by atoms with E-state index in [2.05, 4.69) is 31.0 Å². The first-order valence-corrected chi connectivity index (χ1v) is 6.79. The Morgan fingerprint density at radius 1 is 1.20 bits per heavy atom. The fraction of sp³-hybridized carbons (Fsp3) is 1.00. The predicted molar refractivity (Wildman–Crippen MR) is 67.3 cm³/mol. The lowest BCUT2D eigenvalue weighted by Crippen LogP contribution is -2.42. The van der Waals surface area contributed by atoms with Crippen LogP contribution in [0.4, 0.5) is 0 Å². The van der Waals surface area contributed by atoms with Gasteiger partial charge in [0.05, 0.1) is 0 Å². The van der Waals surface area contributed by atoms with E-state index in [9.17, 15) is 0 Å². The van der Waals surface area contributed by atoms with Crippen molar-refractivity contribution >= 4 is 0 Å². The van der Waals surface area contributed by atoms with Crippen LogP contribution in [0.15, 0.2) is 0 Å². The van der Waals surface area contributed by atoms with Crippen molar-refractivity contribution in [3.8, 4) is 0 Å². The molecule has 15 heavy (non-hydrogen) atoms. The summed E-state index contributed by atoms with van der Waals surface area (Å²) in [5, 5.41) is 3.65. The second kappa shape index (κ2) is 7.24. The summed E-state index contributed by atoms with van der Waals surface area (Å²) in [7, 11) is 0. The van der Waals surface area contributed by atoms with Crippen LogP contribution in [0, 0.1) is 0 Å². The molecule has 0 aromatic heterocycles. The van der Waals surface area contributed by atoms with E-state index in [0.29, 0.717) is 6.04 Å². The van der Waals surface area contributed by atoms with Gasteiger partial charge in [0.15, 0.2) is 0 Å². The first-order valence-electron chi connectivity index (χ1n) is 6.79. The standard InChI is InChI=1S/C13H28N2/c1-4-9-14-12(6-3)11-15(10-5-2)13-7-8-13/h12-14H,4-11H2,1-3H3. The smallest absolute Gasteiger partial charge is 0.0192 e. The molecule has 0 aromatic carbocycles. The van der Waals surface area contributed by atoms with Crippen molar-refractivity contribution in [3.63, 3.8) is 0 Å². The molecule has 1 aliphatic carbocycles. The summed E-state index contributed by atoms with van der Waals surface area (Å²) in [5.41, 5.74) is 0. The Bertz CT molecular complexity index is 155.